The molecule has 2 aromatic carbocycles. The second-order valence-electron chi connectivity index (χ2n) is 5.58. The van der Waals surface area contributed by atoms with E-state index in [0.29, 0.717) is 5.89 Å². The Morgan fingerprint density at radius 3 is 2.58 bits per heavy atom. The molecule has 0 saturated heterocycles. The van der Waals surface area contributed by atoms with E-state index < -0.39 is 0 Å². The third-order valence-electron chi connectivity index (χ3n) is 3.70. The summed E-state index contributed by atoms with van der Waals surface area (Å²) < 4.78 is 11.5. The molecule has 26 heavy (non-hydrogen) atoms. The number of allylic oxidation sites excluding steroid dienone is 3. The highest BCUT2D eigenvalue weighted by Crippen LogP contribution is 2.24. The first-order valence-electron chi connectivity index (χ1n) is 8.23. The molecule has 1 heterocycles. The van der Waals surface area contributed by atoms with E-state index in [0.717, 1.165) is 28.3 Å². The summed E-state index contributed by atoms with van der Waals surface area (Å²) in [6, 6.07) is 19.6. The molecule has 0 fully saturated rings. The average molecular weight is 342 g/mol. The minimum atomic E-state index is 0.272. The molecule has 0 amide bonds. The van der Waals surface area contributed by atoms with Gasteiger partial charge in [0.25, 0.3) is 0 Å². The van der Waals surface area contributed by atoms with E-state index >= 15 is 0 Å². The highest BCUT2D eigenvalue weighted by atomic mass is 16.5. The summed E-state index contributed by atoms with van der Waals surface area (Å²) in [6.07, 6.45) is 6.86. The normalized spacial score (nSPS) is 11.1. The molecule has 4 nitrogen and oxygen atoms in total. The highest BCUT2D eigenvalue weighted by molar-refractivity contribution is 5.60. The van der Waals surface area contributed by atoms with Gasteiger partial charge in [-0.3, -0.25) is 0 Å². The number of hydrogen-bond acceptors (Lipinski definition) is 4. The maximum absolute atomic E-state index is 8.44. The van der Waals surface area contributed by atoms with Gasteiger partial charge in [0.2, 0.25) is 5.89 Å². The van der Waals surface area contributed by atoms with Gasteiger partial charge in [-0.15, -0.1) is 0 Å². The van der Waals surface area contributed by atoms with E-state index in [1.54, 1.807) is 6.08 Å². The van der Waals surface area contributed by atoms with Crippen LogP contribution in [0.5, 0.6) is 5.75 Å². The monoisotopic (exact) mass is 342 g/mol. The van der Waals surface area contributed by atoms with Crippen molar-refractivity contribution in [2.45, 2.75) is 13.5 Å². The second kappa shape index (κ2) is 8.50. The molecular weight excluding hydrogens is 324 g/mol. The summed E-state index contributed by atoms with van der Waals surface area (Å²) in [7, 11) is 0. The van der Waals surface area contributed by atoms with Gasteiger partial charge in [-0.25, -0.2) is 4.98 Å². The molecule has 0 aliphatic carbocycles. The quantitative estimate of drug-likeness (QED) is 0.449. The Hall–Kier alpha value is -3.58. The summed E-state index contributed by atoms with van der Waals surface area (Å²) in [5.41, 5.74) is 2.90. The molecule has 128 valence electrons. The average Bonchev–Trinajstić information content (AvgIpc) is 3.06. The highest BCUT2D eigenvalue weighted by Gasteiger charge is 2.11. The largest absolute Gasteiger partial charge is 0.484 e. The molecule has 1 aromatic heterocycles. The molecule has 3 aromatic rings. The minimum Gasteiger partial charge on any atom is -0.484 e. The Morgan fingerprint density at radius 1 is 1.08 bits per heavy atom. The summed E-state index contributed by atoms with van der Waals surface area (Å²) in [6.45, 7) is 2.18. The topological polar surface area (TPSA) is 59.0 Å². The third-order valence-corrected chi connectivity index (χ3v) is 3.70. The lowest BCUT2D eigenvalue weighted by molar-refractivity contribution is 0.260. The molecule has 0 radical (unpaired) electrons. The number of nitriles is 1. The summed E-state index contributed by atoms with van der Waals surface area (Å²) >= 11 is 0. The standard InChI is InChI=1S/C22H18N2O2/c1-17-22(19-9-5-2-6-10-19)24-21(26-17)16-25-20-13-11-18(12-14-20)8-4-3-7-15-23/h2-14H,16H2,1H3/b7-3+,8-4+. The van der Waals surface area contributed by atoms with Crippen LogP contribution in [0.25, 0.3) is 17.3 Å². The molecule has 0 aliphatic heterocycles. The maximum Gasteiger partial charge on any atom is 0.233 e. The van der Waals surface area contributed by atoms with Crippen LogP contribution >= 0.6 is 0 Å². The lowest BCUT2D eigenvalue weighted by Gasteiger charge is -2.03. The molecule has 0 spiro atoms. The van der Waals surface area contributed by atoms with E-state index in [2.05, 4.69) is 4.98 Å². The predicted octanol–water partition coefficient (Wildman–Crippen LogP) is 5.32. The van der Waals surface area contributed by atoms with Gasteiger partial charge in [-0.2, -0.15) is 5.26 Å². The van der Waals surface area contributed by atoms with Crippen molar-refractivity contribution < 1.29 is 9.15 Å². The molecule has 0 bridgehead atoms. The van der Waals surface area contributed by atoms with Gasteiger partial charge in [0.15, 0.2) is 6.61 Å². The number of benzene rings is 2. The van der Waals surface area contributed by atoms with Crippen molar-refractivity contribution in [3.05, 3.63) is 90.0 Å². The van der Waals surface area contributed by atoms with Crippen molar-refractivity contribution in [2.24, 2.45) is 0 Å². The number of aryl methyl sites for hydroxylation is 1. The lowest BCUT2D eigenvalue weighted by Crippen LogP contribution is -1.95. The first-order chi connectivity index (χ1) is 12.8. The second-order valence-corrected chi connectivity index (χ2v) is 5.58. The molecule has 0 N–H and O–H groups in total. The van der Waals surface area contributed by atoms with Crippen LogP contribution < -0.4 is 4.74 Å². The van der Waals surface area contributed by atoms with Crippen molar-refractivity contribution in [1.82, 2.24) is 4.98 Å². The van der Waals surface area contributed by atoms with E-state index in [9.17, 15) is 0 Å². The summed E-state index contributed by atoms with van der Waals surface area (Å²) in [5, 5.41) is 8.44. The molecule has 0 atom stereocenters. The SMILES string of the molecule is Cc1oc(COc2ccc(/C=C/C=C/C#N)cc2)nc1-c1ccccc1. The number of aromatic nitrogens is 1. The van der Waals surface area contributed by atoms with Crippen LogP contribution in [-0.2, 0) is 6.61 Å². The number of rotatable bonds is 6. The van der Waals surface area contributed by atoms with Gasteiger partial charge in [0, 0.05) is 11.6 Å². The number of ether oxygens (including phenoxy) is 1. The van der Waals surface area contributed by atoms with Gasteiger partial charge in [0.1, 0.15) is 17.2 Å². The van der Waals surface area contributed by atoms with Gasteiger partial charge in [-0.05, 0) is 24.6 Å². The molecule has 0 saturated carbocycles. The molecule has 3 rings (SSSR count). The van der Waals surface area contributed by atoms with Crippen LogP contribution in [0.3, 0.4) is 0 Å². The van der Waals surface area contributed by atoms with E-state index in [4.69, 9.17) is 14.4 Å². The van der Waals surface area contributed by atoms with Crippen LogP contribution in [0.2, 0.25) is 0 Å². The molecule has 4 heteroatoms. The zero-order valence-corrected chi connectivity index (χ0v) is 14.4. The van der Waals surface area contributed by atoms with Gasteiger partial charge in [-0.1, -0.05) is 60.7 Å². The zero-order chi connectivity index (χ0) is 18.2. The van der Waals surface area contributed by atoms with Crippen LogP contribution in [0, 0.1) is 18.3 Å². The third kappa shape index (κ3) is 4.49. The predicted molar refractivity (Wildman–Crippen MR) is 101 cm³/mol. The van der Waals surface area contributed by atoms with Crippen LogP contribution in [0.4, 0.5) is 0 Å². The number of nitrogens with zero attached hydrogens (tertiary/aromatic N) is 2. The molecule has 0 unspecified atom stereocenters. The van der Waals surface area contributed by atoms with Crippen molar-refractivity contribution >= 4 is 6.08 Å². The van der Waals surface area contributed by atoms with Gasteiger partial charge >= 0.3 is 0 Å². The van der Waals surface area contributed by atoms with Crippen molar-refractivity contribution in [3.63, 3.8) is 0 Å². The fraction of sp³-hybridized carbons (Fsp3) is 0.0909. The first kappa shape index (κ1) is 17.2. The fourth-order valence-electron chi connectivity index (χ4n) is 2.46. The maximum atomic E-state index is 8.44. The fourth-order valence-corrected chi connectivity index (χ4v) is 2.46. The van der Waals surface area contributed by atoms with E-state index in [1.165, 1.54) is 6.08 Å². The van der Waals surface area contributed by atoms with Gasteiger partial charge < -0.3 is 9.15 Å². The smallest absolute Gasteiger partial charge is 0.233 e. The van der Waals surface area contributed by atoms with E-state index in [1.807, 2.05) is 79.7 Å². The van der Waals surface area contributed by atoms with Gasteiger partial charge in [0.05, 0.1) is 6.07 Å². The molecular formula is C22H18N2O2. The number of oxazole rings is 1. The zero-order valence-electron chi connectivity index (χ0n) is 14.4. The van der Waals surface area contributed by atoms with Crippen molar-refractivity contribution in [2.75, 3.05) is 0 Å². The minimum absolute atomic E-state index is 0.272. The van der Waals surface area contributed by atoms with E-state index in [-0.39, 0.29) is 6.61 Å². The Morgan fingerprint density at radius 2 is 1.85 bits per heavy atom. The lowest BCUT2D eigenvalue weighted by atomic mass is 10.1. The Kier molecular flexibility index (Phi) is 5.64. The Balaban J connectivity index is 1.62. The van der Waals surface area contributed by atoms with Crippen molar-refractivity contribution in [3.8, 4) is 23.1 Å². The Labute approximate surface area is 152 Å². The molecule has 0 aliphatic rings. The van der Waals surface area contributed by atoms with Crippen LogP contribution in [0.15, 0.2) is 77.2 Å². The summed E-state index contributed by atoms with van der Waals surface area (Å²) in [4.78, 5) is 4.53. The van der Waals surface area contributed by atoms with Crippen LogP contribution in [0.1, 0.15) is 17.2 Å². The first-order valence-corrected chi connectivity index (χ1v) is 8.23. The summed E-state index contributed by atoms with van der Waals surface area (Å²) in [5.74, 6) is 2.07. The number of hydrogen-bond donors (Lipinski definition) is 0. The van der Waals surface area contributed by atoms with Crippen LogP contribution in [-0.4, -0.2) is 4.98 Å². The van der Waals surface area contributed by atoms with Crippen molar-refractivity contribution in [1.29, 1.82) is 5.26 Å². The Bertz CT molecular complexity index is 946.